The maximum Gasteiger partial charge on any atom is 0.261 e. The summed E-state index contributed by atoms with van der Waals surface area (Å²) in [6, 6.07) is 3.34. The Morgan fingerprint density at radius 1 is 1.50 bits per heavy atom. The third-order valence-corrected chi connectivity index (χ3v) is 4.66. The van der Waals surface area contributed by atoms with Crippen molar-refractivity contribution >= 4 is 35.3 Å². The number of aldehydes is 1. The van der Waals surface area contributed by atoms with Crippen LogP contribution in [0.3, 0.4) is 0 Å². The molecule has 1 heterocycles. The zero-order valence-electron chi connectivity index (χ0n) is 11.9. The Hall–Kier alpha value is -0.850. The Balaban J connectivity index is 2.25. The van der Waals surface area contributed by atoms with Crippen LogP contribution in [0.5, 0.6) is 0 Å². The average Bonchev–Trinajstić information content (AvgIpc) is 2.92. The van der Waals surface area contributed by atoms with Crippen molar-refractivity contribution < 1.29 is 14.3 Å². The fourth-order valence-electron chi connectivity index (χ4n) is 1.68. The number of carbonyl (C=O) groups is 2. The van der Waals surface area contributed by atoms with E-state index in [9.17, 15) is 9.59 Å². The molecule has 0 saturated carbocycles. The highest BCUT2D eigenvalue weighted by atomic mass is 32.2. The van der Waals surface area contributed by atoms with Gasteiger partial charge < -0.3 is 10.1 Å². The number of amides is 1. The third-order valence-electron chi connectivity index (χ3n) is 2.57. The van der Waals surface area contributed by atoms with Gasteiger partial charge in [0.15, 0.2) is 6.29 Å². The van der Waals surface area contributed by atoms with Gasteiger partial charge in [-0.05, 0) is 37.7 Å². The predicted molar refractivity (Wildman–Crippen MR) is 84.8 cm³/mol. The molecule has 1 N–H and O–H groups in total. The Bertz CT molecular complexity index is 414. The van der Waals surface area contributed by atoms with Gasteiger partial charge in [-0.3, -0.25) is 9.59 Å². The van der Waals surface area contributed by atoms with E-state index in [0.717, 1.165) is 24.9 Å². The van der Waals surface area contributed by atoms with E-state index >= 15 is 0 Å². The Kier molecular flexibility index (Phi) is 8.57. The van der Waals surface area contributed by atoms with Crippen LogP contribution in [0.2, 0.25) is 0 Å². The summed E-state index contributed by atoms with van der Waals surface area (Å²) in [6.45, 7) is 5.45. The zero-order valence-corrected chi connectivity index (χ0v) is 13.5. The number of hydrogen-bond donors (Lipinski definition) is 1. The molecule has 6 heteroatoms. The van der Waals surface area contributed by atoms with Gasteiger partial charge in [0.25, 0.3) is 5.91 Å². The summed E-state index contributed by atoms with van der Waals surface area (Å²) in [7, 11) is 0. The molecule has 1 aromatic rings. The van der Waals surface area contributed by atoms with Gasteiger partial charge >= 0.3 is 0 Å². The minimum atomic E-state index is -0.112. The molecule has 1 unspecified atom stereocenters. The first kappa shape index (κ1) is 17.2. The van der Waals surface area contributed by atoms with E-state index in [0.29, 0.717) is 22.9 Å². The van der Waals surface area contributed by atoms with Crippen molar-refractivity contribution in [2.24, 2.45) is 0 Å². The molecule has 0 fully saturated rings. The molecule has 0 aliphatic rings. The molecule has 112 valence electrons. The minimum absolute atomic E-state index is 0.112. The molecular weight excluding hydrogens is 294 g/mol. The molecule has 0 radical (unpaired) electrons. The van der Waals surface area contributed by atoms with Crippen LogP contribution in [0.15, 0.2) is 12.1 Å². The molecule has 0 spiro atoms. The number of hydrogen-bond acceptors (Lipinski definition) is 5. The molecule has 0 aliphatic carbocycles. The maximum absolute atomic E-state index is 11.8. The highest BCUT2D eigenvalue weighted by Crippen LogP contribution is 2.17. The molecular formula is C14H21NO3S2. The summed E-state index contributed by atoms with van der Waals surface area (Å²) in [5.41, 5.74) is 0.213. The first-order valence-electron chi connectivity index (χ1n) is 6.77. The minimum Gasteiger partial charge on any atom is -0.368 e. The summed E-state index contributed by atoms with van der Waals surface area (Å²) < 4.78 is 5.61. The number of carbonyl (C=O) groups excluding carboxylic acids is 2. The SMILES string of the molecule is CCOC(CCCNC(=O)c1ccc(C=O)s1)SCC. The summed E-state index contributed by atoms with van der Waals surface area (Å²) in [4.78, 5) is 23.5. The van der Waals surface area contributed by atoms with Crippen molar-refractivity contribution in [3.8, 4) is 0 Å². The Morgan fingerprint density at radius 3 is 2.90 bits per heavy atom. The molecule has 20 heavy (non-hydrogen) atoms. The van der Waals surface area contributed by atoms with Crippen LogP contribution in [0.4, 0.5) is 0 Å². The van der Waals surface area contributed by atoms with Crippen LogP contribution >= 0.6 is 23.1 Å². The molecule has 1 aromatic heterocycles. The van der Waals surface area contributed by atoms with E-state index in [2.05, 4.69) is 12.2 Å². The van der Waals surface area contributed by atoms with Crippen LogP contribution in [0.25, 0.3) is 0 Å². The Labute approximate surface area is 128 Å². The number of rotatable bonds is 10. The van der Waals surface area contributed by atoms with Crippen molar-refractivity contribution in [2.45, 2.75) is 32.1 Å². The van der Waals surface area contributed by atoms with Crippen molar-refractivity contribution in [3.63, 3.8) is 0 Å². The van der Waals surface area contributed by atoms with Gasteiger partial charge in [-0.25, -0.2) is 0 Å². The number of thioether (sulfide) groups is 1. The van der Waals surface area contributed by atoms with Crippen molar-refractivity contribution in [1.29, 1.82) is 0 Å². The maximum atomic E-state index is 11.8. The van der Waals surface area contributed by atoms with Gasteiger partial charge in [-0.15, -0.1) is 23.1 Å². The quantitative estimate of drug-likeness (QED) is 0.409. The molecule has 1 rings (SSSR count). The number of thiophene rings is 1. The second kappa shape index (κ2) is 9.96. The van der Waals surface area contributed by atoms with Crippen LogP contribution in [-0.4, -0.2) is 36.5 Å². The number of ether oxygens (including phenoxy) is 1. The summed E-state index contributed by atoms with van der Waals surface area (Å²) in [5, 5.41) is 2.87. The summed E-state index contributed by atoms with van der Waals surface area (Å²) in [5.74, 6) is 0.917. The number of nitrogens with one attached hydrogen (secondary N) is 1. The van der Waals surface area contributed by atoms with Crippen molar-refractivity contribution in [3.05, 3.63) is 21.9 Å². The van der Waals surface area contributed by atoms with Crippen LogP contribution < -0.4 is 5.32 Å². The average molecular weight is 315 g/mol. The van der Waals surface area contributed by atoms with E-state index in [-0.39, 0.29) is 11.3 Å². The summed E-state index contributed by atoms with van der Waals surface area (Å²) >= 11 is 3.00. The lowest BCUT2D eigenvalue weighted by Crippen LogP contribution is -2.24. The topological polar surface area (TPSA) is 55.4 Å². The monoisotopic (exact) mass is 315 g/mol. The van der Waals surface area contributed by atoms with Crippen LogP contribution in [0, 0.1) is 0 Å². The first-order chi connectivity index (χ1) is 9.71. The second-order valence-electron chi connectivity index (χ2n) is 4.06. The van der Waals surface area contributed by atoms with Gasteiger partial charge in [-0.1, -0.05) is 6.92 Å². The second-order valence-corrected chi connectivity index (χ2v) is 6.61. The van der Waals surface area contributed by atoms with E-state index in [1.807, 2.05) is 6.92 Å². The summed E-state index contributed by atoms with van der Waals surface area (Å²) in [6.07, 6.45) is 2.57. The van der Waals surface area contributed by atoms with E-state index in [1.165, 1.54) is 11.3 Å². The van der Waals surface area contributed by atoms with Crippen LogP contribution in [0.1, 0.15) is 46.0 Å². The fourth-order valence-corrected chi connectivity index (χ4v) is 3.36. The third kappa shape index (κ3) is 6.07. The van der Waals surface area contributed by atoms with Crippen molar-refractivity contribution in [1.82, 2.24) is 5.32 Å². The van der Waals surface area contributed by atoms with E-state index in [1.54, 1.807) is 23.9 Å². The molecule has 0 aromatic carbocycles. The standard InChI is InChI=1S/C14H21NO3S2/c1-3-18-13(19-4-2)6-5-9-15-14(17)12-8-7-11(10-16)20-12/h7-8,10,13H,3-6,9H2,1-2H3,(H,15,17). The van der Waals surface area contributed by atoms with Gasteiger partial charge in [0.1, 0.15) is 5.44 Å². The lowest BCUT2D eigenvalue weighted by Gasteiger charge is -2.15. The van der Waals surface area contributed by atoms with E-state index < -0.39 is 0 Å². The Morgan fingerprint density at radius 2 is 2.30 bits per heavy atom. The lowest BCUT2D eigenvalue weighted by atomic mass is 10.3. The largest absolute Gasteiger partial charge is 0.368 e. The molecule has 1 amide bonds. The zero-order chi connectivity index (χ0) is 14.8. The normalized spacial score (nSPS) is 12.1. The fraction of sp³-hybridized carbons (Fsp3) is 0.571. The molecule has 0 saturated heterocycles. The van der Waals surface area contributed by atoms with Gasteiger partial charge in [0.2, 0.25) is 0 Å². The highest BCUT2D eigenvalue weighted by Gasteiger charge is 2.10. The van der Waals surface area contributed by atoms with Gasteiger partial charge in [0.05, 0.1) is 9.75 Å². The molecule has 0 aliphatic heterocycles. The predicted octanol–water partition coefficient (Wildman–Crippen LogP) is 3.19. The van der Waals surface area contributed by atoms with Gasteiger partial charge in [0, 0.05) is 13.2 Å². The highest BCUT2D eigenvalue weighted by molar-refractivity contribution is 7.99. The lowest BCUT2D eigenvalue weighted by molar-refractivity contribution is 0.0948. The molecule has 4 nitrogen and oxygen atoms in total. The molecule has 1 atom stereocenters. The van der Waals surface area contributed by atoms with Crippen molar-refractivity contribution in [2.75, 3.05) is 18.9 Å². The molecule has 0 bridgehead atoms. The first-order valence-corrected chi connectivity index (χ1v) is 8.64. The van der Waals surface area contributed by atoms with E-state index in [4.69, 9.17) is 4.74 Å². The van der Waals surface area contributed by atoms with Crippen LogP contribution in [-0.2, 0) is 4.74 Å². The van der Waals surface area contributed by atoms with Gasteiger partial charge in [-0.2, -0.15) is 0 Å². The smallest absolute Gasteiger partial charge is 0.261 e.